The lowest BCUT2D eigenvalue weighted by Crippen LogP contribution is -2.32. The number of anilines is 1. The Balaban J connectivity index is 1.17. The number of aliphatic hydroxyl groups excluding tert-OH is 2. The summed E-state index contributed by atoms with van der Waals surface area (Å²) in [5.74, 6) is 8.50. The quantitative estimate of drug-likeness (QED) is 0.0919. The zero-order valence-electron chi connectivity index (χ0n) is 28.1. The number of aliphatic hydroxyl groups is 2. The number of hydrogen-bond acceptors (Lipinski definition) is 6. The molecule has 6 unspecified atom stereocenters. The molecule has 4 aromatic rings. The van der Waals surface area contributed by atoms with Crippen LogP contribution in [-0.4, -0.2) is 44.1 Å². The lowest BCUT2D eigenvalue weighted by atomic mass is 9.82. The van der Waals surface area contributed by atoms with E-state index < -0.39 is 12.2 Å². The summed E-state index contributed by atoms with van der Waals surface area (Å²) >= 11 is 0. The molecule has 0 fully saturated rings. The normalized spacial score (nSPS) is 20.2. The number of phenols is 1. The van der Waals surface area contributed by atoms with Gasteiger partial charge in [-0.15, -0.1) is 5.92 Å². The van der Waals surface area contributed by atoms with E-state index in [-0.39, 0.29) is 17.6 Å². The molecule has 1 aliphatic rings. The molecule has 1 aliphatic carbocycles. The summed E-state index contributed by atoms with van der Waals surface area (Å²) in [6.07, 6.45) is 10.1. The van der Waals surface area contributed by atoms with Crippen molar-refractivity contribution >= 4 is 5.82 Å². The monoisotopic (exact) mass is 649 g/mol. The molecular formula is C41H51N3O4. The SMILES string of the molecule is CC(Cc1ccccc1)C1C#CCC(C(O)CCc2ccc(O)c(OCCC(Cc3ccc[nH]3)c3ccnc(N)c3)c2)C(O)CCCC1. The molecule has 6 atom stereocenters. The van der Waals surface area contributed by atoms with Crippen LogP contribution < -0.4 is 10.5 Å². The van der Waals surface area contributed by atoms with Crippen LogP contribution in [0.3, 0.4) is 0 Å². The Labute approximate surface area is 285 Å². The first-order valence-corrected chi connectivity index (χ1v) is 17.5. The number of nitrogens with one attached hydrogen (secondary N) is 1. The number of aromatic nitrogens is 2. The van der Waals surface area contributed by atoms with Gasteiger partial charge in [0.2, 0.25) is 0 Å². The van der Waals surface area contributed by atoms with Crippen molar-refractivity contribution in [1.82, 2.24) is 9.97 Å². The van der Waals surface area contributed by atoms with Crippen molar-refractivity contribution in [2.75, 3.05) is 12.3 Å². The van der Waals surface area contributed by atoms with Crippen LogP contribution in [0.2, 0.25) is 0 Å². The third-order valence-corrected chi connectivity index (χ3v) is 9.85. The minimum atomic E-state index is -0.686. The van der Waals surface area contributed by atoms with E-state index >= 15 is 0 Å². The molecule has 2 aromatic heterocycles. The van der Waals surface area contributed by atoms with Crippen LogP contribution in [-0.2, 0) is 19.3 Å². The minimum absolute atomic E-state index is 0.0856. The molecular weight excluding hydrogens is 598 g/mol. The third kappa shape index (κ3) is 10.4. The molecule has 2 heterocycles. The second kappa shape index (κ2) is 17.8. The molecule has 0 spiro atoms. The highest BCUT2D eigenvalue weighted by molar-refractivity contribution is 5.42. The zero-order chi connectivity index (χ0) is 33.7. The fourth-order valence-electron chi connectivity index (χ4n) is 6.93. The molecule has 0 radical (unpaired) electrons. The predicted octanol–water partition coefficient (Wildman–Crippen LogP) is 7.23. The first-order chi connectivity index (χ1) is 23.4. The number of rotatable bonds is 14. The smallest absolute Gasteiger partial charge is 0.161 e. The second-order valence-corrected chi connectivity index (χ2v) is 13.5. The van der Waals surface area contributed by atoms with Gasteiger partial charge in [0.15, 0.2) is 11.5 Å². The summed E-state index contributed by atoms with van der Waals surface area (Å²) < 4.78 is 6.11. The molecule has 5 rings (SSSR count). The molecule has 0 amide bonds. The molecule has 48 heavy (non-hydrogen) atoms. The predicted molar refractivity (Wildman–Crippen MR) is 192 cm³/mol. The zero-order valence-corrected chi connectivity index (χ0v) is 28.1. The van der Waals surface area contributed by atoms with Gasteiger partial charge < -0.3 is 30.8 Å². The first-order valence-electron chi connectivity index (χ1n) is 17.5. The number of phenolic OH excluding ortho intramolecular Hbond substituents is 1. The first kappa shape index (κ1) is 35.1. The number of hydrogen-bond donors (Lipinski definition) is 5. The van der Waals surface area contributed by atoms with Crippen molar-refractivity contribution in [1.29, 1.82) is 0 Å². The van der Waals surface area contributed by atoms with Gasteiger partial charge in [0.05, 0.1) is 18.8 Å². The van der Waals surface area contributed by atoms with Crippen molar-refractivity contribution in [3.05, 3.63) is 108 Å². The van der Waals surface area contributed by atoms with Crippen molar-refractivity contribution in [3.8, 4) is 23.3 Å². The van der Waals surface area contributed by atoms with Gasteiger partial charge in [-0.2, -0.15) is 0 Å². The van der Waals surface area contributed by atoms with Crippen molar-refractivity contribution in [3.63, 3.8) is 0 Å². The lowest BCUT2D eigenvalue weighted by Gasteiger charge is -2.28. The maximum Gasteiger partial charge on any atom is 0.161 e. The maximum atomic E-state index is 11.3. The highest BCUT2D eigenvalue weighted by Gasteiger charge is 2.27. The van der Waals surface area contributed by atoms with Gasteiger partial charge in [0.1, 0.15) is 5.82 Å². The van der Waals surface area contributed by atoms with Crippen LogP contribution in [0.5, 0.6) is 11.5 Å². The van der Waals surface area contributed by atoms with Gasteiger partial charge in [-0.1, -0.05) is 62.1 Å². The topological polar surface area (TPSA) is 125 Å². The average Bonchev–Trinajstić information content (AvgIpc) is 3.61. The van der Waals surface area contributed by atoms with E-state index in [1.807, 2.05) is 42.6 Å². The highest BCUT2D eigenvalue weighted by atomic mass is 16.5. The number of aryl methyl sites for hydroxylation is 1. The molecule has 0 aliphatic heterocycles. The Bertz CT molecular complexity index is 1600. The number of benzene rings is 2. The third-order valence-electron chi connectivity index (χ3n) is 9.85. The fourth-order valence-corrected chi connectivity index (χ4v) is 6.93. The minimum Gasteiger partial charge on any atom is -0.504 e. The van der Waals surface area contributed by atoms with Gasteiger partial charge in [0, 0.05) is 36.3 Å². The number of aromatic hydroxyl groups is 1. The summed E-state index contributed by atoms with van der Waals surface area (Å²) in [5.41, 5.74) is 10.5. The van der Waals surface area contributed by atoms with E-state index in [9.17, 15) is 15.3 Å². The number of pyridine rings is 1. The average molecular weight is 650 g/mol. The molecule has 2 aromatic carbocycles. The van der Waals surface area contributed by atoms with E-state index in [1.165, 1.54) is 5.56 Å². The Hall–Kier alpha value is -4.25. The van der Waals surface area contributed by atoms with Gasteiger partial charge in [-0.05, 0) is 110 Å². The summed E-state index contributed by atoms with van der Waals surface area (Å²) in [4.78, 5) is 7.42. The Morgan fingerprint density at radius 2 is 1.81 bits per heavy atom. The van der Waals surface area contributed by atoms with Crippen molar-refractivity contribution in [2.24, 2.45) is 17.8 Å². The van der Waals surface area contributed by atoms with E-state index in [0.29, 0.717) is 55.7 Å². The van der Waals surface area contributed by atoms with E-state index in [0.717, 1.165) is 55.3 Å². The van der Waals surface area contributed by atoms with E-state index in [2.05, 4.69) is 59.1 Å². The lowest BCUT2D eigenvalue weighted by molar-refractivity contribution is 0.00552. The van der Waals surface area contributed by atoms with Crippen LogP contribution in [0.4, 0.5) is 5.82 Å². The fraction of sp³-hybridized carbons (Fsp3) is 0.439. The number of nitrogens with two attached hydrogens (primary N) is 1. The molecule has 0 bridgehead atoms. The van der Waals surface area contributed by atoms with Crippen LogP contribution in [0.1, 0.15) is 80.2 Å². The van der Waals surface area contributed by atoms with E-state index in [4.69, 9.17) is 10.5 Å². The van der Waals surface area contributed by atoms with Crippen molar-refractivity contribution in [2.45, 2.75) is 89.3 Å². The molecule has 7 heteroatoms. The molecule has 0 saturated heterocycles. The Morgan fingerprint density at radius 3 is 2.60 bits per heavy atom. The van der Waals surface area contributed by atoms with Gasteiger partial charge in [-0.3, -0.25) is 0 Å². The molecule has 7 nitrogen and oxygen atoms in total. The van der Waals surface area contributed by atoms with Crippen LogP contribution in [0.25, 0.3) is 0 Å². The number of aromatic amines is 1. The number of H-pyrrole nitrogens is 1. The van der Waals surface area contributed by atoms with E-state index in [1.54, 1.807) is 12.3 Å². The van der Waals surface area contributed by atoms with Crippen molar-refractivity contribution < 1.29 is 20.1 Å². The van der Waals surface area contributed by atoms with Gasteiger partial charge >= 0.3 is 0 Å². The number of ether oxygens (including phenoxy) is 1. The standard InChI is InChI=1S/C41H51N3O4/c1-29(25-30-9-3-2-4-10-30)32-11-5-6-15-37(45)36(14-7-12-32)38(46)18-16-31-17-19-39(47)40(26-31)48-24-21-34(27-35-13-8-22-43-35)33-20-23-44-41(42)28-33/h2-4,8-10,13,17,19-20,22-23,26,28-29,32,34,36-38,43,45-47H,5-6,11,14-16,18,21,24-25,27H2,1H3,(H2,42,44). The van der Waals surface area contributed by atoms with Gasteiger partial charge in [-0.25, -0.2) is 4.98 Å². The Kier molecular flexibility index (Phi) is 13.0. The van der Waals surface area contributed by atoms with Gasteiger partial charge in [0.25, 0.3) is 0 Å². The number of nitrogens with zero attached hydrogens (tertiary/aromatic N) is 1. The summed E-state index contributed by atoms with van der Waals surface area (Å²) in [6.45, 7) is 2.69. The summed E-state index contributed by atoms with van der Waals surface area (Å²) in [5, 5.41) is 32.9. The van der Waals surface area contributed by atoms with Crippen LogP contribution >= 0.6 is 0 Å². The Morgan fingerprint density at radius 1 is 0.979 bits per heavy atom. The molecule has 6 N–H and O–H groups in total. The summed E-state index contributed by atoms with van der Waals surface area (Å²) in [6, 6.07) is 23.9. The van der Waals surface area contributed by atoms with Crippen LogP contribution in [0, 0.1) is 29.6 Å². The molecule has 0 saturated carbocycles. The maximum absolute atomic E-state index is 11.3. The number of nitrogen functional groups attached to an aromatic ring is 1. The molecule has 254 valence electrons. The van der Waals surface area contributed by atoms with Crippen LogP contribution in [0.15, 0.2) is 85.2 Å². The summed E-state index contributed by atoms with van der Waals surface area (Å²) in [7, 11) is 0. The second-order valence-electron chi connectivity index (χ2n) is 13.5. The highest BCUT2D eigenvalue weighted by Crippen LogP contribution is 2.31. The largest absolute Gasteiger partial charge is 0.504 e.